The number of halogens is 3. The van der Waals surface area contributed by atoms with Crippen LogP contribution in [0.1, 0.15) is 5.69 Å². The second-order valence-corrected chi connectivity index (χ2v) is 3.86. The molecule has 0 spiro atoms. The molecule has 0 saturated heterocycles. The lowest BCUT2D eigenvalue weighted by atomic mass is 10.1. The minimum atomic E-state index is -4.74. The first-order valence-electron chi connectivity index (χ1n) is 5.48. The molecule has 4 nitrogen and oxygen atoms in total. The molecule has 0 saturated carbocycles. The van der Waals surface area contributed by atoms with E-state index in [1.807, 2.05) is 0 Å². The Morgan fingerprint density at radius 2 is 1.79 bits per heavy atom. The van der Waals surface area contributed by atoms with Crippen LogP contribution in [0.3, 0.4) is 0 Å². The Balaban J connectivity index is 2.62. The third-order valence-electron chi connectivity index (χ3n) is 2.55. The highest BCUT2D eigenvalue weighted by atomic mass is 19.4. The van der Waals surface area contributed by atoms with E-state index in [1.165, 1.54) is 0 Å². The van der Waals surface area contributed by atoms with Gasteiger partial charge in [0, 0.05) is 5.56 Å². The standard InChI is InChI=1S/C12H11F3N2O2/c13-12(14,15)11-10(19)9(17(16-11)6-7-18)8-4-2-1-3-5-8/h1-5,18-19H,6-7H2. The minimum Gasteiger partial charge on any atom is -0.504 e. The van der Waals surface area contributed by atoms with E-state index >= 15 is 0 Å². The first kappa shape index (κ1) is 13.4. The van der Waals surface area contributed by atoms with Crippen molar-refractivity contribution in [2.45, 2.75) is 12.7 Å². The molecule has 0 radical (unpaired) electrons. The van der Waals surface area contributed by atoms with Crippen molar-refractivity contribution < 1.29 is 23.4 Å². The molecule has 2 rings (SSSR count). The molecule has 7 heteroatoms. The normalized spacial score (nSPS) is 11.8. The summed E-state index contributed by atoms with van der Waals surface area (Å²) in [6.45, 7) is -0.508. The number of aromatic nitrogens is 2. The fraction of sp³-hybridized carbons (Fsp3) is 0.250. The molecule has 0 aliphatic carbocycles. The van der Waals surface area contributed by atoms with Crippen molar-refractivity contribution >= 4 is 0 Å². The van der Waals surface area contributed by atoms with E-state index in [-0.39, 0.29) is 18.8 Å². The van der Waals surface area contributed by atoms with E-state index in [4.69, 9.17) is 5.11 Å². The summed E-state index contributed by atoms with van der Waals surface area (Å²) in [6, 6.07) is 8.10. The van der Waals surface area contributed by atoms with Crippen LogP contribution in [0.4, 0.5) is 13.2 Å². The molecule has 0 bridgehead atoms. The number of nitrogens with zero attached hydrogens (tertiary/aromatic N) is 2. The zero-order chi connectivity index (χ0) is 14.0. The van der Waals surface area contributed by atoms with Gasteiger partial charge in [-0.25, -0.2) is 0 Å². The molecule has 1 heterocycles. The lowest BCUT2D eigenvalue weighted by molar-refractivity contribution is -0.142. The van der Waals surface area contributed by atoms with Gasteiger partial charge in [0.05, 0.1) is 13.2 Å². The molecule has 0 fully saturated rings. The van der Waals surface area contributed by atoms with Gasteiger partial charge in [0.1, 0.15) is 5.69 Å². The number of benzene rings is 1. The highest BCUT2D eigenvalue weighted by molar-refractivity contribution is 5.68. The average molecular weight is 272 g/mol. The summed E-state index contributed by atoms with van der Waals surface area (Å²) in [7, 11) is 0. The number of aliphatic hydroxyl groups is 1. The monoisotopic (exact) mass is 272 g/mol. The summed E-state index contributed by atoms with van der Waals surface area (Å²) in [5.74, 6) is -0.924. The Kier molecular flexibility index (Phi) is 3.48. The summed E-state index contributed by atoms with van der Waals surface area (Å²) in [5, 5.41) is 21.9. The largest absolute Gasteiger partial charge is 0.504 e. The Bertz CT molecular complexity index is 564. The molecule has 0 atom stereocenters. The quantitative estimate of drug-likeness (QED) is 0.901. The molecule has 19 heavy (non-hydrogen) atoms. The summed E-state index contributed by atoms with van der Waals surface area (Å²) in [5.41, 5.74) is -1.00. The maximum Gasteiger partial charge on any atom is 0.438 e. The van der Waals surface area contributed by atoms with E-state index in [9.17, 15) is 18.3 Å². The average Bonchev–Trinajstić information content (AvgIpc) is 2.68. The minimum absolute atomic E-state index is 0.0537. The van der Waals surface area contributed by atoms with Crippen LogP contribution in [0.15, 0.2) is 30.3 Å². The van der Waals surface area contributed by atoms with Crippen LogP contribution < -0.4 is 0 Å². The molecule has 2 aromatic rings. The van der Waals surface area contributed by atoms with Crippen LogP contribution >= 0.6 is 0 Å². The molecule has 0 unspecified atom stereocenters. The van der Waals surface area contributed by atoms with Crippen molar-refractivity contribution in [1.29, 1.82) is 0 Å². The van der Waals surface area contributed by atoms with Crippen LogP contribution in [-0.4, -0.2) is 26.6 Å². The zero-order valence-corrected chi connectivity index (χ0v) is 9.72. The van der Waals surface area contributed by atoms with Gasteiger partial charge >= 0.3 is 6.18 Å². The summed E-state index contributed by atoms with van der Waals surface area (Å²) in [4.78, 5) is 0. The molecule has 1 aromatic carbocycles. The van der Waals surface area contributed by atoms with Crippen LogP contribution in [-0.2, 0) is 12.7 Å². The topological polar surface area (TPSA) is 58.3 Å². The van der Waals surface area contributed by atoms with Crippen molar-refractivity contribution in [3.63, 3.8) is 0 Å². The summed E-state index contributed by atoms with van der Waals surface area (Å²) in [6.07, 6.45) is -4.74. The number of aliphatic hydroxyl groups excluding tert-OH is 1. The maximum atomic E-state index is 12.7. The smallest absolute Gasteiger partial charge is 0.438 e. The lowest BCUT2D eigenvalue weighted by Gasteiger charge is -2.05. The van der Waals surface area contributed by atoms with Crippen molar-refractivity contribution in [2.75, 3.05) is 6.61 Å². The van der Waals surface area contributed by atoms with Crippen molar-refractivity contribution in [2.24, 2.45) is 0 Å². The van der Waals surface area contributed by atoms with Gasteiger partial charge in [-0.15, -0.1) is 0 Å². The van der Waals surface area contributed by atoms with Crippen LogP contribution in [0.5, 0.6) is 5.75 Å². The Hall–Kier alpha value is -2.02. The maximum absolute atomic E-state index is 12.7. The molecule has 102 valence electrons. The fourth-order valence-electron chi connectivity index (χ4n) is 1.78. The van der Waals surface area contributed by atoms with Gasteiger partial charge in [-0.05, 0) is 0 Å². The highest BCUT2D eigenvalue weighted by Crippen LogP contribution is 2.40. The molecule has 1 aromatic heterocycles. The van der Waals surface area contributed by atoms with E-state index in [1.54, 1.807) is 30.3 Å². The zero-order valence-electron chi connectivity index (χ0n) is 9.72. The molecule has 0 aliphatic rings. The molecular formula is C12H11F3N2O2. The number of hydrogen-bond acceptors (Lipinski definition) is 3. The summed E-state index contributed by atoms with van der Waals surface area (Å²) >= 11 is 0. The molecule has 2 N–H and O–H groups in total. The lowest BCUT2D eigenvalue weighted by Crippen LogP contribution is -2.10. The molecule has 0 amide bonds. The molecular weight excluding hydrogens is 261 g/mol. The van der Waals surface area contributed by atoms with Crippen LogP contribution in [0.2, 0.25) is 0 Å². The highest BCUT2D eigenvalue weighted by Gasteiger charge is 2.39. The van der Waals surface area contributed by atoms with Gasteiger partial charge in [-0.1, -0.05) is 30.3 Å². The van der Waals surface area contributed by atoms with Crippen molar-refractivity contribution in [1.82, 2.24) is 9.78 Å². The third-order valence-corrected chi connectivity index (χ3v) is 2.55. The SMILES string of the molecule is OCCn1nc(C(F)(F)F)c(O)c1-c1ccccc1. The second-order valence-electron chi connectivity index (χ2n) is 3.86. The first-order valence-corrected chi connectivity index (χ1v) is 5.48. The van der Waals surface area contributed by atoms with E-state index in [2.05, 4.69) is 5.10 Å². The van der Waals surface area contributed by atoms with Crippen molar-refractivity contribution in [3.05, 3.63) is 36.0 Å². The van der Waals surface area contributed by atoms with E-state index in [0.717, 1.165) is 4.68 Å². The third kappa shape index (κ3) is 2.55. The molecule has 0 aliphatic heterocycles. The Labute approximate surface area is 106 Å². The summed E-state index contributed by atoms with van der Waals surface area (Å²) < 4.78 is 39.1. The van der Waals surface area contributed by atoms with E-state index in [0.29, 0.717) is 5.56 Å². The number of alkyl halides is 3. The van der Waals surface area contributed by atoms with Gasteiger partial charge in [-0.2, -0.15) is 18.3 Å². The van der Waals surface area contributed by atoms with Crippen LogP contribution in [0.25, 0.3) is 11.3 Å². The predicted molar refractivity (Wildman–Crippen MR) is 61.4 cm³/mol. The van der Waals surface area contributed by atoms with Crippen LogP contribution in [0, 0.1) is 0 Å². The second kappa shape index (κ2) is 4.93. The number of aromatic hydroxyl groups is 1. The van der Waals surface area contributed by atoms with Gasteiger partial charge < -0.3 is 10.2 Å². The Morgan fingerprint density at radius 3 is 2.32 bits per heavy atom. The van der Waals surface area contributed by atoms with E-state index < -0.39 is 17.6 Å². The van der Waals surface area contributed by atoms with Gasteiger partial charge in [0.15, 0.2) is 5.75 Å². The predicted octanol–water partition coefficient (Wildman–Crippen LogP) is 2.27. The number of rotatable bonds is 3. The van der Waals surface area contributed by atoms with Gasteiger partial charge in [0.25, 0.3) is 0 Å². The van der Waals surface area contributed by atoms with Gasteiger partial charge in [-0.3, -0.25) is 4.68 Å². The number of hydrogen-bond donors (Lipinski definition) is 2. The Morgan fingerprint density at radius 1 is 1.16 bits per heavy atom. The first-order chi connectivity index (χ1) is 8.95. The fourth-order valence-corrected chi connectivity index (χ4v) is 1.78. The van der Waals surface area contributed by atoms with Gasteiger partial charge in [0.2, 0.25) is 5.69 Å². The van der Waals surface area contributed by atoms with Crippen molar-refractivity contribution in [3.8, 4) is 17.0 Å².